The SMILES string of the molecule is CCC(O)(CC)CCOc1c(-c2ccc(C(F)(F)F)cn2)cccc1S(C)(=O)=O. The average molecular weight is 431 g/mol. The van der Waals surface area contributed by atoms with Crippen molar-refractivity contribution in [2.24, 2.45) is 0 Å². The van der Waals surface area contributed by atoms with E-state index in [1.807, 2.05) is 13.8 Å². The average Bonchev–Trinajstić information content (AvgIpc) is 2.66. The lowest BCUT2D eigenvalue weighted by molar-refractivity contribution is -0.137. The van der Waals surface area contributed by atoms with Crippen LogP contribution < -0.4 is 4.74 Å². The minimum atomic E-state index is -4.52. The molecule has 2 aromatic rings. The van der Waals surface area contributed by atoms with Crippen molar-refractivity contribution in [1.29, 1.82) is 0 Å². The highest BCUT2D eigenvalue weighted by atomic mass is 32.2. The van der Waals surface area contributed by atoms with Crippen molar-refractivity contribution < 1.29 is 31.4 Å². The van der Waals surface area contributed by atoms with E-state index in [1.54, 1.807) is 0 Å². The second-order valence-electron chi connectivity index (χ2n) is 6.86. The van der Waals surface area contributed by atoms with E-state index >= 15 is 0 Å². The third-order valence-electron chi connectivity index (χ3n) is 4.88. The summed E-state index contributed by atoms with van der Waals surface area (Å²) in [4.78, 5) is 3.75. The molecule has 0 aliphatic heterocycles. The number of aromatic nitrogens is 1. The summed E-state index contributed by atoms with van der Waals surface area (Å²) in [6.07, 6.45) is -1.52. The van der Waals surface area contributed by atoms with Crippen LogP contribution in [-0.4, -0.2) is 37.0 Å². The first-order chi connectivity index (χ1) is 13.4. The van der Waals surface area contributed by atoms with Crippen LogP contribution in [0.15, 0.2) is 41.4 Å². The number of hydrogen-bond donors (Lipinski definition) is 1. The molecular weight excluding hydrogens is 407 g/mol. The molecule has 0 radical (unpaired) electrons. The largest absolute Gasteiger partial charge is 0.491 e. The van der Waals surface area contributed by atoms with Crippen LogP contribution in [0.5, 0.6) is 5.75 Å². The van der Waals surface area contributed by atoms with E-state index in [0.29, 0.717) is 19.0 Å². The summed E-state index contributed by atoms with van der Waals surface area (Å²) in [5.41, 5.74) is -1.43. The van der Waals surface area contributed by atoms with Crippen LogP contribution in [0, 0.1) is 0 Å². The number of rotatable bonds is 8. The van der Waals surface area contributed by atoms with E-state index < -0.39 is 27.2 Å². The zero-order valence-corrected chi connectivity index (χ0v) is 17.3. The zero-order valence-electron chi connectivity index (χ0n) is 16.5. The maximum atomic E-state index is 12.8. The van der Waals surface area contributed by atoms with E-state index in [4.69, 9.17) is 4.74 Å². The number of nitrogens with zero attached hydrogens (tertiary/aromatic N) is 1. The van der Waals surface area contributed by atoms with Crippen molar-refractivity contribution in [2.75, 3.05) is 12.9 Å². The molecule has 0 fully saturated rings. The van der Waals surface area contributed by atoms with Crippen LogP contribution in [0.2, 0.25) is 0 Å². The number of pyridine rings is 1. The Balaban J connectivity index is 2.45. The summed E-state index contributed by atoms with van der Waals surface area (Å²) in [5, 5.41) is 10.4. The van der Waals surface area contributed by atoms with Crippen molar-refractivity contribution in [3.8, 4) is 17.0 Å². The van der Waals surface area contributed by atoms with Crippen LogP contribution in [0.4, 0.5) is 13.2 Å². The Morgan fingerprint density at radius 1 is 1.10 bits per heavy atom. The first-order valence-corrected chi connectivity index (χ1v) is 11.0. The molecule has 0 aliphatic rings. The Morgan fingerprint density at radius 3 is 2.24 bits per heavy atom. The second kappa shape index (κ2) is 8.71. The minimum Gasteiger partial charge on any atom is -0.491 e. The van der Waals surface area contributed by atoms with Gasteiger partial charge >= 0.3 is 6.18 Å². The summed E-state index contributed by atoms with van der Waals surface area (Å²) >= 11 is 0. The van der Waals surface area contributed by atoms with E-state index in [-0.39, 0.29) is 34.9 Å². The summed E-state index contributed by atoms with van der Waals surface area (Å²) in [7, 11) is -3.67. The number of halogens is 3. The number of alkyl halides is 3. The molecular formula is C20H24F3NO4S. The summed E-state index contributed by atoms with van der Waals surface area (Å²) < 4.78 is 68.5. The van der Waals surface area contributed by atoms with Crippen LogP contribution in [-0.2, 0) is 16.0 Å². The molecule has 0 saturated heterocycles. The Bertz CT molecular complexity index is 937. The number of sulfone groups is 1. The van der Waals surface area contributed by atoms with E-state index in [1.165, 1.54) is 24.3 Å². The molecule has 1 aromatic carbocycles. The lowest BCUT2D eigenvalue weighted by atomic mass is 9.94. The number of hydrogen-bond acceptors (Lipinski definition) is 5. The van der Waals surface area contributed by atoms with Crippen LogP contribution in [0.1, 0.15) is 38.7 Å². The Labute approximate surface area is 168 Å². The van der Waals surface area contributed by atoms with Gasteiger partial charge in [0, 0.05) is 24.4 Å². The van der Waals surface area contributed by atoms with Gasteiger partial charge in [-0.3, -0.25) is 4.98 Å². The number of ether oxygens (including phenoxy) is 1. The van der Waals surface area contributed by atoms with Gasteiger partial charge < -0.3 is 9.84 Å². The van der Waals surface area contributed by atoms with Gasteiger partial charge in [0.2, 0.25) is 0 Å². The monoisotopic (exact) mass is 431 g/mol. The maximum Gasteiger partial charge on any atom is 0.417 e. The van der Waals surface area contributed by atoms with Gasteiger partial charge in [-0.05, 0) is 37.1 Å². The summed E-state index contributed by atoms with van der Waals surface area (Å²) in [6.45, 7) is 3.72. The van der Waals surface area contributed by atoms with Gasteiger partial charge in [0.1, 0.15) is 10.6 Å². The number of aliphatic hydroxyl groups is 1. The van der Waals surface area contributed by atoms with Crippen molar-refractivity contribution in [3.05, 3.63) is 42.1 Å². The van der Waals surface area contributed by atoms with E-state index in [2.05, 4.69) is 4.98 Å². The van der Waals surface area contributed by atoms with Gasteiger partial charge in [-0.2, -0.15) is 13.2 Å². The molecule has 1 aromatic heterocycles. The predicted molar refractivity (Wildman–Crippen MR) is 103 cm³/mol. The maximum absolute atomic E-state index is 12.8. The van der Waals surface area contributed by atoms with Crippen molar-refractivity contribution in [2.45, 2.75) is 49.8 Å². The van der Waals surface area contributed by atoms with Crippen molar-refractivity contribution in [1.82, 2.24) is 4.98 Å². The van der Waals surface area contributed by atoms with Gasteiger partial charge in [0.15, 0.2) is 9.84 Å². The highest BCUT2D eigenvalue weighted by Gasteiger charge is 2.31. The third-order valence-corrected chi connectivity index (χ3v) is 6.00. The number of para-hydroxylation sites is 1. The summed E-state index contributed by atoms with van der Waals surface area (Å²) in [6, 6.07) is 6.43. The normalized spacial score (nSPS) is 12.8. The molecule has 1 N–H and O–H groups in total. The Morgan fingerprint density at radius 2 is 1.76 bits per heavy atom. The van der Waals surface area contributed by atoms with Crippen molar-refractivity contribution in [3.63, 3.8) is 0 Å². The Kier molecular flexibility index (Phi) is 6.95. The molecule has 0 unspecified atom stereocenters. The molecule has 29 heavy (non-hydrogen) atoms. The van der Waals surface area contributed by atoms with Gasteiger partial charge in [0.25, 0.3) is 0 Å². The molecule has 0 amide bonds. The lowest BCUT2D eigenvalue weighted by Gasteiger charge is -2.25. The molecule has 5 nitrogen and oxygen atoms in total. The summed E-state index contributed by atoms with van der Waals surface area (Å²) in [5.74, 6) is 0.0109. The molecule has 0 atom stereocenters. The highest BCUT2D eigenvalue weighted by Crippen LogP contribution is 2.37. The predicted octanol–water partition coefficient (Wildman–Crippen LogP) is 4.49. The fraction of sp³-hybridized carbons (Fsp3) is 0.450. The smallest absolute Gasteiger partial charge is 0.417 e. The molecule has 0 aliphatic carbocycles. The quantitative estimate of drug-likeness (QED) is 0.666. The van der Waals surface area contributed by atoms with Crippen LogP contribution in [0.3, 0.4) is 0 Å². The number of benzene rings is 1. The molecule has 160 valence electrons. The van der Waals surface area contributed by atoms with Crippen LogP contribution >= 0.6 is 0 Å². The minimum absolute atomic E-state index is 0.0109. The first-order valence-electron chi connectivity index (χ1n) is 9.13. The van der Waals surface area contributed by atoms with Gasteiger partial charge in [-0.1, -0.05) is 19.9 Å². The van der Waals surface area contributed by atoms with Gasteiger partial charge in [0.05, 0.1) is 23.5 Å². The lowest BCUT2D eigenvalue weighted by Crippen LogP contribution is -2.29. The standard InChI is InChI=1S/C20H24F3NO4S/c1-4-19(25,5-2)11-12-28-18-15(7-6-8-17(18)29(3,26)27)16-10-9-14(13-24-16)20(21,22)23/h6-10,13,25H,4-5,11-12H2,1-3H3. The van der Waals surface area contributed by atoms with Crippen molar-refractivity contribution >= 4 is 9.84 Å². The third kappa shape index (κ3) is 5.70. The van der Waals surface area contributed by atoms with E-state index in [9.17, 15) is 26.7 Å². The van der Waals surface area contributed by atoms with Crippen LogP contribution in [0.25, 0.3) is 11.3 Å². The zero-order chi connectivity index (χ0) is 21.9. The molecule has 0 bridgehead atoms. The fourth-order valence-electron chi connectivity index (χ4n) is 2.83. The molecule has 0 saturated carbocycles. The van der Waals surface area contributed by atoms with E-state index in [0.717, 1.165) is 12.3 Å². The first kappa shape index (κ1) is 23.2. The van der Waals surface area contributed by atoms with Gasteiger partial charge in [-0.25, -0.2) is 8.42 Å². The molecule has 0 spiro atoms. The van der Waals surface area contributed by atoms with Gasteiger partial charge in [-0.15, -0.1) is 0 Å². The second-order valence-corrected chi connectivity index (χ2v) is 8.85. The fourth-order valence-corrected chi connectivity index (χ4v) is 3.66. The Hall–Kier alpha value is -2.13. The molecule has 9 heteroatoms. The highest BCUT2D eigenvalue weighted by molar-refractivity contribution is 7.90. The molecule has 2 rings (SSSR count). The molecule has 1 heterocycles. The topological polar surface area (TPSA) is 76.5 Å².